The zero-order valence-electron chi connectivity index (χ0n) is 10.9. The third kappa shape index (κ3) is 2.06. The van der Waals surface area contributed by atoms with Crippen molar-refractivity contribution in [3.05, 3.63) is 28.8 Å². The molecule has 0 heterocycles. The van der Waals surface area contributed by atoms with Crippen LogP contribution in [-0.4, -0.2) is 11.7 Å². The summed E-state index contributed by atoms with van der Waals surface area (Å²) in [6.45, 7) is 4.65. The number of aromatic hydroxyl groups is 1. The predicted molar refractivity (Wildman–Crippen MR) is 71.4 cm³/mol. The second kappa shape index (κ2) is 4.69. The van der Waals surface area contributed by atoms with Gasteiger partial charge in [0.15, 0.2) is 0 Å². The normalized spacial score (nSPS) is 19.2. The van der Waals surface area contributed by atoms with Crippen LogP contribution in [0.2, 0.25) is 0 Å². The van der Waals surface area contributed by atoms with Crippen LogP contribution in [0.1, 0.15) is 48.8 Å². The van der Waals surface area contributed by atoms with Crippen LogP contribution in [0.4, 0.5) is 0 Å². The van der Waals surface area contributed by atoms with Crippen molar-refractivity contribution in [1.29, 1.82) is 0 Å². The second-order valence-corrected chi connectivity index (χ2v) is 5.45. The number of benzene rings is 1. The van der Waals surface area contributed by atoms with Gasteiger partial charge in [-0.3, -0.25) is 0 Å². The molecule has 0 aliphatic heterocycles. The molecule has 0 bridgehead atoms. The van der Waals surface area contributed by atoms with Gasteiger partial charge in [0.2, 0.25) is 0 Å². The van der Waals surface area contributed by atoms with Crippen molar-refractivity contribution in [2.75, 3.05) is 6.54 Å². The monoisotopic (exact) mass is 233 g/mol. The number of hydrogen-bond donors (Lipinski definition) is 2. The highest BCUT2D eigenvalue weighted by molar-refractivity contribution is 5.47. The standard InChI is InChI=1S/C15H23NO/c1-11-6-7-13(12(2)14(11)17)15(10-16)8-4-3-5-9-15/h6-7,17H,3-5,8-10,16H2,1-2H3. The second-order valence-electron chi connectivity index (χ2n) is 5.45. The molecule has 0 spiro atoms. The van der Waals surface area contributed by atoms with Gasteiger partial charge in [0, 0.05) is 12.0 Å². The Morgan fingerprint density at radius 2 is 1.82 bits per heavy atom. The maximum Gasteiger partial charge on any atom is 0.121 e. The third-order valence-corrected chi connectivity index (χ3v) is 4.41. The highest BCUT2D eigenvalue weighted by atomic mass is 16.3. The fourth-order valence-electron chi connectivity index (χ4n) is 3.22. The van der Waals surface area contributed by atoms with Crippen LogP contribution in [0.5, 0.6) is 5.75 Å². The first-order valence-corrected chi connectivity index (χ1v) is 6.60. The first-order chi connectivity index (χ1) is 8.10. The van der Waals surface area contributed by atoms with Gasteiger partial charge in [0.05, 0.1) is 0 Å². The molecule has 1 saturated carbocycles. The number of hydrogen-bond acceptors (Lipinski definition) is 2. The van der Waals surface area contributed by atoms with Gasteiger partial charge in [-0.15, -0.1) is 0 Å². The largest absolute Gasteiger partial charge is 0.507 e. The zero-order chi connectivity index (χ0) is 12.5. The number of phenols is 1. The average molecular weight is 233 g/mol. The Kier molecular flexibility index (Phi) is 3.43. The maximum atomic E-state index is 10.1. The quantitative estimate of drug-likeness (QED) is 0.824. The van der Waals surface area contributed by atoms with E-state index in [0.717, 1.165) is 24.0 Å². The predicted octanol–water partition coefficient (Wildman–Crippen LogP) is 3.17. The molecule has 2 rings (SSSR count). The molecule has 0 unspecified atom stereocenters. The molecule has 0 aromatic heterocycles. The molecule has 17 heavy (non-hydrogen) atoms. The Morgan fingerprint density at radius 1 is 1.18 bits per heavy atom. The molecule has 1 aromatic rings. The van der Waals surface area contributed by atoms with Crippen molar-refractivity contribution >= 4 is 0 Å². The Morgan fingerprint density at radius 3 is 2.41 bits per heavy atom. The zero-order valence-corrected chi connectivity index (χ0v) is 10.9. The number of phenolic OH excluding ortho intramolecular Hbond substituents is 1. The lowest BCUT2D eigenvalue weighted by Gasteiger charge is -2.38. The fraction of sp³-hybridized carbons (Fsp3) is 0.600. The molecular formula is C15H23NO. The summed E-state index contributed by atoms with van der Waals surface area (Å²) >= 11 is 0. The summed E-state index contributed by atoms with van der Waals surface area (Å²) in [5.41, 5.74) is 9.40. The third-order valence-electron chi connectivity index (χ3n) is 4.41. The molecule has 0 radical (unpaired) electrons. The molecular weight excluding hydrogens is 210 g/mol. The molecule has 94 valence electrons. The van der Waals surface area contributed by atoms with Gasteiger partial charge < -0.3 is 10.8 Å². The van der Waals surface area contributed by atoms with Crippen molar-refractivity contribution in [2.24, 2.45) is 5.73 Å². The minimum absolute atomic E-state index is 0.105. The molecule has 1 fully saturated rings. The van der Waals surface area contributed by atoms with Crippen molar-refractivity contribution in [1.82, 2.24) is 0 Å². The van der Waals surface area contributed by atoms with E-state index in [-0.39, 0.29) is 5.41 Å². The molecule has 1 aromatic carbocycles. The summed E-state index contributed by atoms with van der Waals surface area (Å²) in [7, 11) is 0. The summed E-state index contributed by atoms with van der Waals surface area (Å²) in [4.78, 5) is 0. The van der Waals surface area contributed by atoms with Gasteiger partial charge in [-0.2, -0.15) is 0 Å². The molecule has 0 atom stereocenters. The lowest BCUT2D eigenvalue weighted by atomic mass is 9.68. The summed E-state index contributed by atoms with van der Waals surface area (Å²) in [6, 6.07) is 4.19. The van der Waals surface area contributed by atoms with E-state index in [9.17, 15) is 5.11 Å². The van der Waals surface area contributed by atoms with E-state index in [4.69, 9.17) is 5.73 Å². The van der Waals surface area contributed by atoms with Gasteiger partial charge in [0.1, 0.15) is 5.75 Å². The van der Waals surface area contributed by atoms with Crippen LogP contribution in [0, 0.1) is 13.8 Å². The van der Waals surface area contributed by atoms with Gasteiger partial charge in [0.25, 0.3) is 0 Å². The molecule has 2 heteroatoms. The highest BCUT2D eigenvalue weighted by Crippen LogP contribution is 2.42. The molecule has 1 aliphatic rings. The summed E-state index contributed by atoms with van der Waals surface area (Å²) in [6.07, 6.45) is 6.15. The summed E-state index contributed by atoms with van der Waals surface area (Å²) < 4.78 is 0. The molecule has 2 nitrogen and oxygen atoms in total. The number of aryl methyl sites for hydroxylation is 1. The highest BCUT2D eigenvalue weighted by Gasteiger charge is 2.34. The maximum absolute atomic E-state index is 10.1. The minimum Gasteiger partial charge on any atom is -0.507 e. The van der Waals surface area contributed by atoms with Crippen molar-refractivity contribution in [3.63, 3.8) is 0 Å². The van der Waals surface area contributed by atoms with Crippen LogP contribution < -0.4 is 5.73 Å². The van der Waals surface area contributed by atoms with E-state index in [1.165, 1.54) is 24.8 Å². The first kappa shape index (κ1) is 12.4. The SMILES string of the molecule is Cc1ccc(C2(CN)CCCCC2)c(C)c1O. The molecule has 1 aliphatic carbocycles. The Balaban J connectivity index is 2.47. The number of nitrogens with two attached hydrogens (primary N) is 1. The van der Waals surface area contributed by atoms with Gasteiger partial charge in [-0.25, -0.2) is 0 Å². The Labute approximate surface area is 104 Å². The molecule has 3 N–H and O–H groups in total. The molecule has 0 amide bonds. The van der Waals surface area contributed by atoms with Gasteiger partial charge in [-0.05, 0) is 43.4 Å². The first-order valence-electron chi connectivity index (χ1n) is 6.60. The van der Waals surface area contributed by atoms with E-state index in [1.807, 2.05) is 19.9 Å². The lowest BCUT2D eigenvalue weighted by Crippen LogP contribution is -2.37. The van der Waals surface area contributed by atoms with Crippen molar-refractivity contribution in [2.45, 2.75) is 51.4 Å². The van der Waals surface area contributed by atoms with E-state index in [1.54, 1.807) is 0 Å². The Bertz CT molecular complexity index is 406. The summed E-state index contributed by atoms with van der Waals surface area (Å²) in [5, 5.41) is 10.1. The van der Waals surface area contributed by atoms with Crippen LogP contribution in [0.3, 0.4) is 0 Å². The Hall–Kier alpha value is -1.02. The van der Waals surface area contributed by atoms with Crippen LogP contribution in [-0.2, 0) is 5.41 Å². The van der Waals surface area contributed by atoms with E-state index in [0.29, 0.717) is 12.3 Å². The molecule has 0 saturated heterocycles. The number of rotatable bonds is 2. The van der Waals surface area contributed by atoms with Crippen LogP contribution in [0.25, 0.3) is 0 Å². The van der Waals surface area contributed by atoms with Crippen molar-refractivity contribution < 1.29 is 5.11 Å². The van der Waals surface area contributed by atoms with Gasteiger partial charge in [-0.1, -0.05) is 31.4 Å². The average Bonchev–Trinajstić information content (AvgIpc) is 2.37. The van der Waals surface area contributed by atoms with E-state index < -0.39 is 0 Å². The van der Waals surface area contributed by atoms with Crippen molar-refractivity contribution in [3.8, 4) is 5.75 Å². The summed E-state index contributed by atoms with van der Waals surface area (Å²) in [5.74, 6) is 0.445. The fourth-order valence-corrected chi connectivity index (χ4v) is 3.22. The lowest BCUT2D eigenvalue weighted by molar-refractivity contribution is 0.298. The van der Waals surface area contributed by atoms with Gasteiger partial charge >= 0.3 is 0 Å². The van der Waals surface area contributed by atoms with Crippen LogP contribution >= 0.6 is 0 Å². The van der Waals surface area contributed by atoms with Crippen LogP contribution in [0.15, 0.2) is 12.1 Å². The smallest absolute Gasteiger partial charge is 0.121 e. The minimum atomic E-state index is 0.105. The topological polar surface area (TPSA) is 46.2 Å². The van der Waals surface area contributed by atoms with E-state index >= 15 is 0 Å². The van der Waals surface area contributed by atoms with E-state index in [2.05, 4.69) is 6.07 Å².